The summed E-state index contributed by atoms with van der Waals surface area (Å²) in [6.45, 7) is 0. The van der Waals surface area contributed by atoms with Gasteiger partial charge in [-0.05, 0) is 18.4 Å². The maximum atomic E-state index is 10.1. The third kappa shape index (κ3) is 2.84. The van der Waals surface area contributed by atoms with Crippen LogP contribution in [0, 0.1) is 0 Å². The zero-order chi connectivity index (χ0) is 8.81. The summed E-state index contributed by atoms with van der Waals surface area (Å²) in [6.07, 6.45) is 3.28. The minimum absolute atomic E-state index is 0.440. The maximum absolute atomic E-state index is 10.1. The predicted octanol–water partition coefficient (Wildman–Crippen LogP) is 1.06. The zero-order valence-corrected chi connectivity index (χ0v) is 6.86. The predicted molar refractivity (Wildman–Crippen MR) is 48.4 cm³/mol. The lowest BCUT2D eigenvalue weighted by molar-refractivity contribution is 0.536. The van der Waals surface area contributed by atoms with Crippen molar-refractivity contribution in [1.29, 1.82) is 0 Å². The minimum Gasteiger partial charge on any atom is -0.321 e. The van der Waals surface area contributed by atoms with Gasteiger partial charge in [-0.2, -0.15) is 0 Å². The van der Waals surface area contributed by atoms with E-state index in [2.05, 4.69) is 0 Å². The first-order valence-electron chi connectivity index (χ1n) is 4.00. The molecule has 0 fully saturated rings. The van der Waals surface area contributed by atoms with Crippen LogP contribution in [-0.4, -0.2) is 12.3 Å². The Morgan fingerprint density at radius 3 is 2.58 bits per heavy atom. The van der Waals surface area contributed by atoms with E-state index in [0.29, 0.717) is 6.42 Å². The summed E-state index contributed by atoms with van der Waals surface area (Å²) < 4.78 is 0. The van der Waals surface area contributed by atoms with Crippen LogP contribution in [0.15, 0.2) is 30.3 Å². The van der Waals surface area contributed by atoms with Crippen molar-refractivity contribution in [3.05, 3.63) is 35.9 Å². The molecule has 1 rings (SSSR count). The van der Waals surface area contributed by atoms with Crippen LogP contribution in [0.4, 0.5) is 0 Å². The lowest BCUT2D eigenvalue weighted by Gasteiger charge is -2.02. The van der Waals surface area contributed by atoms with Crippen LogP contribution < -0.4 is 5.73 Å². The van der Waals surface area contributed by atoms with Crippen molar-refractivity contribution in [2.24, 2.45) is 5.73 Å². The smallest absolute Gasteiger partial charge is 0.216 e. The van der Waals surface area contributed by atoms with E-state index in [1.807, 2.05) is 30.3 Å². The summed E-state index contributed by atoms with van der Waals surface area (Å²) in [5.41, 5.74) is 6.61. The fraction of sp³-hybridized carbons (Fsp3) is 0.300. The van der Waals surface area contributed by atoms with Crippen molar-refractivity contribution in [1.82, 2.24) is 0 Å². The van der Waals surface area contributed by atoms with Crippen LogP contribution in [-0.2, 0) is 11.2 Å². The Hall–Kier alpha value is -1.15. The lowest BCUT2D eigenvalue weighted by atomic mass is 10.1. The fourth-order valence-corrected chi connectivity index (χ4v) is 1.03. The first-order chi connectivity index (χ1) is 5.83. The van der Waals surface area contributed by atoms with Crippen molar-refractivity contribution in [3.8, 4) is 0 Å². The summed E-state index contributed by atoms with van der Waals surface area (Å²) in [7, 11) is 0. The van der Waals surface area contributed by atoms with Crippen molar-refractivity contribution < 1.29 is 4.79 Å². The molecule has 1 aromatic carbocycles. The molecule has 0 heterocycles. The second kappa shape index (κ2) is 4.67. The standard InChI is InChI=1S/C10H12NO/c11-10(8-12)7-6-9-4-2-1-3-5-9/h1-5,10H,6-7,11H2/t10-/m1/s1. The molecule has 0 aliphatic heterocycles. The quantitative estimate of drug-likeness (QED) is 0.719. The van der Waals surface area contributed by atoms with Gasteiger partial charge in [-0.15, -0.1) is 0 Å². The van der Waals surface area contributed by atoms with Crippen molar-refractivity contribution >= 4 is 6.29 Å². The molecule has 2 nitrogen and oxygen atoms in total. The molecule has 63 valence electrons. The Morgan fingerprint density at radius 2 is 2.00 bits per heavy atom. The van der Waals surface area contributed by atoms with Gasteiger partial charge in [0.05, 0.1) is 6.04 Å². The summed E-state index contributed by atoms with van der Waals surface area (Å²) in [5, 5.41) is 0. The van der Waals surface area contributed by atoms with Gasteiger partial charge in [0.15, 0.2) is 0 Å². The number of carbonyl (C=O) groups excluding carboxylic acids is 1. The molecule has 0 aliphatic carbocycles. The van der Waals surface area contributed by atoms with Crippen LogP contribution in [0.25, 0.3) is 0 Å². The number of hydrogen-bond acceptors (Lipinski definition) is 2. The average Bonchev–Trinajstić information content (AvgIpc) is 2.16. The molecular weight excluding hydrogens is 150 g/mol. The highest BCUT2D eigenvalue weighted by atomic mass is 16.1. The van der Waals surface area contributed by atoms with Crippen LogP contribution in [0.5, 0.6) is 0 Å². The van der Waals surface area contributed by atoms with E-state index in [0.717, 1.165) is 6.42 Å². The van der Waals surface area contributed by atoms with E-state index in [1.165, 1.54) is 5.56 Å². The number of benzene rings is 1. The maximum Gasteiger partial charge on any atom is 0.216 e. The van der Waals surface area contributed by atoms with Crippen LogP contribution >= 0.6 is 0 Å². The topological polar surface area (TPSA) is 43.1 Å². The summed E-state index contributed by atoms with van der Waals surface area (Å²) >= 11 is 0. The third-order valence-electron chi connectivity index (χ3n) is 1.74. The number of aryl methyl sites for hydroxylation is 1. The number of nitrogens with two attached hydrogens (primary N) is 1. The molecule has 0 amide bonds. The molecule has 0 saturated carbocycles. The van der Waals surface area contributed by atoms with Crippen molar-refractivity contribution in [2.45, 2.75) is 18.9 Å². The highest BCUT2D eigenvalue weighted by Crippen LogP contribution is 2.02. The van der Waals surface area contributed by atoms with Crippen LogP contribution in [0.3, 0.4) is 0 Å². The first kappa shape index (κ1) is 8.94. The van der Waals surface area contributed by atoms with Crippen LogP contribution in [0.1, 0.15) is 12.0 Å². The number of rotatable bonds is 4. The SMILES string of the molecule is N[C@@H]([C]=O)CCc1ccccc1. The molecule has 0 bridgehead atoms. The molecule has 0 aliphatic rings. The summed E-state index contributed by atoms with van der Waals surface area (Å²) in [6, 6.07) is 9.53. The zero-order valence-electron chi connectivity index (χ0n) is 6.86. The van der Waals surface area contributed by atoms with Gasteiger partial charge in [0.2, 0.25) is 6.29 Å². The molecule has 1 aromatic rings. The van der Waals surface area contributed by atoms with E-state index in [9.17, 15) is 4.79 Å². The van der Waals surface area contributed by atoms with Crippen LogP contribution in [0.2, 0.25) is 0 Å². The average molecular weight is 162 g/mol. The Kier molecular flexibility index (Phi) is 3.48. The molecule has 1 atom stereocenters. The van der Waals surface area contributed by atoms with Gasteiger partial charge in [0.1, 0.15) is 0 Å². The molecule has 0 unspecified atom stereocenters. The van der Waals surface area contributed by atoms with Gasteiger partial charge < -0.3 is 5.73 Å². The van der Waals surface area contributed by atoms with E-state index in [1.54, 1.807) is 6.29 Å². The highest BCUT2D eigenvalue weighted by Gasteiger charge is 2.00. The second-order valence-electron chi connectivity index (χ2n) is 2.75. The van der Waals surface area contributed by atoms with E-state index in [-0.39, 0.29) is 0 Å². The van der Waals surface area contributed by atoms with Crippen molar-refractivity contribution in [3.63, 3.8) is 0 Å². The minimum atomic E-state index is -0.440. The number of hydrogen-bond donors (Lipinski definition) is 1. The third-order valence-corrected chi connectivity index (χ3v) is 1.74. The Bertz CT molecular complexity index is 233. The van der Waals surface area contributed by atoms with Gasteiger partial charge >= 0.3 is 0 Å². The van der Waals surface area contributed by atoms with Gasteiger partial charge in [-0.1, -0.05) is 30.3 Å². The van der Waals surface area contributed by atoms with Gasteiger partial charge in [0.25, 0.3) is 0 Å². The molecule has 2 heteroatoms. The second-order valence-corrected chi connectivity index (χ2v) is 2.75. The molecule has 0 saturated heterocycles. The largest absolute Gasteiger partial charge is 0.321 e. The molecular formula is C10H12NO. The molecule has 12 heavy (non-hydrogen) atoms. The lowest BCUT2D eigenvalue weighted by Crippen LogP contribution is -2.21. The monoisotopic (exact) mass is 162 g/mol. The van der Waals surface area contributed by atoms with Gasteiger partial charge in [-0.25, -0.2) is 0 Å². The molecule has 0 spiro atoms. The van der Waals surface area contributed by atoms with Crippen molar-refractivity contribution in [2.75, 3.05) is 0 Å². The van der Waals surface area contributed by atoms with Gasteiger partial charge in [-0.3, -0.25) is 4.79 Å². The fourth-order valence-electron chi connectivity index (χ4n) is 1.03. The van der Waals surface area contributed by atoms with E-state index >= 15 is 0 Å². The molecule has 1 radical (unpaired) electrons. The summed E-state index contributed by atoms with van der Waals surface area (Å²) in [4.78, 5) is 10.1. The van der Waals surface area contributed by atoms with Gasteiger partial charge in [0, 0.05) is 0 Å². The summed E-state index contributed by atoms with van der Waals surface area (Å²) in [5.74, 6) is 0. The normalized spacial score (nSPS) is 12.4. The Morgan fingerprint density at radius 1 is 1.33 bits per heavy atom. The van der Waals surface area contributed by atoms with E-state index in [4.69, 9.17) is 5.73 Å². The Labute approximate surface area is 72.4 Å². The molecule has 0 aromatic heterocycles. The highest BCUT2D eigenvalue weighted by molar-refractivity contribution is 5.57. The Balaban J connectivity index is 2.38. The van der Waals surface area contributed by atoms with E-state index < -0.39 is 6.04 Å². The first-order valence-corrected chi connectivity index (χ1v) is 4.00. The molecule has 2 N–H and O–H groups in total.